The molecule has 1 aliphatic heterocycles. The summed E-state index contributed by atoms with van der Waals surface area (Å²) in [4.78, 5) is 13.5. The van der Waals surface area contributed by atoms with E-state index in [-0.39, 0.29) is 18.1 Å². The molecule has 15 heavy (non-hydrogen) atoms. The van der Waals surface area contributed by atoms with Gasteiger partial charge in [-0.3, -0.25) is 4.79 Å². The molecule has 0 radical (unpaired) electrons. The Morgan fingerprint density at radius 2 is 2.40 bits per heavy atom. The summed E-state index contributed by atoms with van der Waals surface area (Å²) in [5.74, 6) is 0.161. The number of hydrogen-bond donors (Lipinski definition) is 2. The number of aliphatic hydroxyl groups excluding tert-OH is 1. The minimum Gasteiger partial charge on any atom is -0.391 e. The van der Waals surface area contributed by atoms with Crippen molar-refractivity contribution in [1.29, 1.82) is 0 Å². The van der Waals surface area contributed by atoms with Crippen LogP contribution in [-0.2, 0) is 4.79 Å². The van der Waals surface area contributed by atoms with Crippen LogP contribution in [0, 0.1) is 0 Å². The van der Waals surface area contributed by atoms with Crippen molar-refractivity contribution >= 4 is 5.91 Å². The molecule has 2 unspecified atom stereocenters. The standard InChI is InChI=1S/C11H22N2O2/c1-9(12)4-2-6-11(15)13-7-3-5-10(14)8-13/h9-10,14H,2-8,12H2,1H3. The molecule has 0 aromatic carbocycles. The highest BCUT2D eigenvalue weighted by Crippen LogP contribution is 2.12. The second kappa shape index (κ2) is 6.08. The fourth-order valence-electron chi connectivity index (χ4n) is 1.91. The third kappa shape index (κ3) is 4.62. The number of likely N-dealkylation sites (tertiary alicyclic amines) is 1. The van der Waals surface area contributed by atoms with Crippen molar-refractivity contribution in [1.82, 2.24) is 4.90 Å². The van der Waals surface area contributed by atoms with E-state index in [0.29, 0.717) is 13.0 Å². The summed E-state index contributed by atoms with van der Waals surface area (Å²) in [6, 6.07) is 0.171. The average Bonchev–Trinajstić information content (AvgIpc) is 2.17. The van der Waals surface area contributed by atoms with Gasteiger partial charge in [-0.1, -0.05) is 0 Å². The van der Waals surface area contributed by atoms with Gasteiger partial charge in [0.15, 0.2) is 0 Å². The van der Waals surface area contributed by atoms with Crippen LogP contribution >= 0.6 is 0 Å². The van der Waals surface area contributed by atoms with E-state index in [4.69, 9.17) is 5.73 Å². The Balaban J connectivity index is 2.21. The molecule has 0 aliphatic carbocycles. The fourth-order valence-corrected chi connectivity index (χ4v) is 1.91. The predicted molar refractivity (Wildman–Crippen MR) is 59.3 cm³/mol. The first-order chi connectivity index (χ1) is 7.09. The van der Waals surface area contributed by atoms with Crippen molar-refractivity contribution in [2.75, 3.05) is 13.1 Å². The molecule has 0 spiro atoms. The van der Waals surface area contributed by atoms with Crippen LogP contribution in [-0.4, -0.2) is 41.1 Å². The summed E-state index contributed by atoms with van der Waals surface area (Å²) < 4.78 is 0. The lowest BCUT2D eigenvalue weighted by Crippen LogP contribution is -2.42. The molecule has 0 bridgehead atoms. The number of amides is 1. The molecule has 2 atom stereocenters. The van der Waals surface area contributed by atoms with Gasteiger partial charge in [-0.15, -0.1) is 0 Å². The normalized spacial score (nSPS) is 23.9. The molecule has 0 saturated carbocycles. The number of carbonyl (C=O) groups excluding carboxylic acids is 1. The zero-order valence-electron chi connectivity index (χ0n) is 9.48. The van der Waals surface area contributed by atoms with Crippen LogP contribution in [0.15, 0.2) is 0 Å². The number of β-amino-alcohol motifs (C(OH)–C–C–N with tert-alkyl or cyclic N) is 1. The molecule has 0 aromatic rings. The Hall–Kier alpha value is -0.610. The Kier molecular flexibility index (Phi) is 5.05. The van der Waals surface area contributed by atoms with Crippen molar-refractivity contribution in [3.63, 3.8) is 0 Å². The van der Waals surface area contributed by atoms with Crippen molar-refractivity contribution in [2.24, 2.45) is 5.73 Å². The lowest BCUT2D eigenvalue weighted by atomic mass is 10.1. The van der Waals surface area contributed by atoms with Gasteiger partial charge < -0.3 is 15.7 Å². The number of aliphatic hydroxyl groups is 1. The molecule has 1 fully saturated rings. The average molecular weight is 214 g/mol. The van der Waals surface area contributed by atoms with Gasteiger partial charge in [-0.25, -0.2) is 0 Å². The van der Waals surface area contributed by atoms with Crippen LogP contribution in [0.25, 0.3) is 0 Å². The van der Waals surface area contributed by atoms with E-state index in [2.05, 4.69) is 0 Å². The van der Waals surface area contributed by atoms with Gasteiger partial charge in [-0.05, 0) is 32.6 Å². The molecule has 1 saturated heterocycles. The lowest BCUT2D eigenvalue weighted by Gasteiger charge is -2.30. The summed E-state index contributed by atoms with van der Waals surface area (Å²) in [5, 5.41) is 9.43. The third-order valence-electron chi connectivity index (χ3n) is 2.80. The molecule has 1 amide bonds. The van der Waals surface area contributed by atoms with E-state index < -0.39 is 0 Å². The van der Waals surface area contributed by atoms with Crippen LogP contribution in [0.2, 0.25) is 0 Å². The van der Waals surface area contributed by atoms with Crippen molar-refractivity contribution in [3.05, 3.63) is 0 Å². The number of nitrogens with zero attached hydrogens (tertiary/aromatic N) is 1. The van der Waals surface area contributed by atoms with Crippen LogP contribution in [0.1, 0.15) is 39.0 Å². The highest BCUT2D eigenvalue weighted by Gasteiger charge is 2.21. The van der Waals surface area contributed by atoms with Gasteiger partial charge in [0, 0.05) is 25.6 Å². The van der Waals surface area contributed by atoms with E-state index >= 15 is 0 Å². The number of carbonyl (C=O) groups is 1. The summed E-state index contributed by atoms with van der Waals surface area (Å²) in [6.45, 7) is 3.26. The van der Waals surface area contributed by atoms with E-state index in [1.807, 2.05) is 6.92 Å². The van der Waals surface area contributed by atoms with E-state index in [9.17, 15) is 9.90 Å². The van der Waals surface area contributed by atoms with Gasteiger partial charge in [-0.2, -0.15) is 0 Å². The predicted octanol–water partition coefficient (Wildman–Crippen LogP) is 0.487. The van der Waals surface area contributed by atoms with Crippen LogP contribution in [0.5, 0.6) is 0 Å². The molecule has 4 nitrogen and oxygen atoms in total. The number of piperidine rings is 1. The van der Waals surface area contributed by atoms with E-state index in [0.717, 1.165) is 32.2 Å². The molecule has 4 heteroatoms. The zero-order chi connectivity index (χ0) is 11.3. The topological polar surface area (TPSA) is 66.6 Å². The highest BCUT2D eigenvalue weighted by molar-refractivity contribution is 5.76. The maximum absolute atomic E-state index is 11.7. The van der Waals surface area contributed by atoms with Crippen molar-refractivity contribution < 1.29 is 9.90 Å². The van der Waals surface area contributed by atoms with Crippen molar-refractivity contribution in [2.45, 2.75) is 51.2 Å². The molecule has 88 valence electrons. The lowest BCUT2D eigenvalue weighted by molar-refractivity contribution is -0.134. The molecule has 1 aliphatic rings. The summed E-state index contributed by atoms with van der Waals surface area (Å²) in [5.41, 5.74) is 5.61. The Bertz CT molecular complexity index is 207. The Labute approximate surface area is 91.4 Å². The van der Waals surface area contributed by atoms with Gasteiger partial charge in [0.1, 0.15) is 0 Å². The van der Waals surface area contributed by atoms with Gasteiger partial charge in [0.05, 0.1) is 6.10 Å². The minimum atomic E-state index is -0.323. The maximum Gasteiger partial charge on any atom is 0.222 e. The first-order valence-corrected chi connectivity index (χ1v) is 5.81. The first-order valence-electron chi connectivity index (χ1n) is 5.81. The number of rotatable bonds is 4. The summed E-state index contributed by atoms with van der Waals surface area (Å²) >= 11 is 0. The van der Waals surface area contributed by atoms with Crippen molar-refractivity contribution in [3.8, 4) is 0 Å². The minimum absolute atomic E-state index is 0.161. The quantitative estimate of drug-likeness (QED) is 0.715. The summed E-state index contributed by atoms with van der Waals surface area (Å²) in [6.07, 6.45) is 3.72. The first kappa shape index (κ1) is 12.5. The SMILES string of the molecule is CC(N)CCCC(=O)N1CCCC(O)C1. The molecular weight excluding hydrogens is 192 g/mol. The smallest absolute Gasteiger partial charge is 0.222 e. The zero-order valence-corrected chi connectivity index (χ0v) is 9.48. The van der Waals surface area contributed by atoms with Gasteiger partial charge >= 0.3 is 0 Å². The Morgan fingerprint density at radius 3 is 3.00 bits per heavy atom. The molecule has 3 N–H and O–H groups in total. The van der Waals surface area contributed by atoms with Gasteiger partial charge in [0.25, 0.3) is 0 Å². The number of hydrogen-bond acceptors (Lipinski definition) is 3. The van der Waals surface area contributed by atoms with Gasteiger partial charge in [0.2, 0.25) is 5.91 Å². The summed E-state index contributed by atoms with van der Waals surface area (Å²) in [7, 11) is 0. The number of nitrogens with two attached hydrogens (primary N) is 1. The van der Waals surface area contributed by atoms with E-state index in [1.165, 1.54) is 0 Å². The largest absolute Gasteiger partial charge is 0.391 e. The molecule has 1 heterocycles. The Morgan fingerprint density at radius 1 is 1.67 bits per heavy atom. The van der Waals surface area contributed by atoms with E-state index in [1.54, 1.807) is 4.90 Å². The molecule has 0 aromatic heterocycles. The monoisotopic (exact) mass is 214 g/mol. The molecular formula is C11H22N2O2. The third-order valence-corrected chi connectivity index (χ3v) is 2.80. The fraction of sp³-hybridized carbons (Fsp3) is 0.909. The maximum atomic E-state index is 11.7. The van der Waals surface area contributed by atoms with Crippen LogP contribution in [0.4, 0.5) is 0 Å². The van der Waals surface area contributed by atoms with Crippen LogP contribution in [0.3, 0.4) is 0 Å². The second-order valence-electron chi connectivity index (χ2n) is 4.51. The second-order valence-corrected chi connectivity index (χ2v) is 4.51. The highest BCUT2D eigenvalue weighted by atomic mass is 16.3. The molecule has 1 rings (SSSR count). The van der Waals surface area contributed by atoms with Crippen LogP contribution < -0.4 is 5.73 Å².